The van der Waals surface area contributed by atoms with Gasteiger partial charge in [-0.1, -0.05) is 24.4 Å². The normalized spacial score (nSPS) is 24.9. The van der Waals surface area contributed by atoms with Crippen LogP contribution in [0.3, 0.4) is 0 Å². The Balaban J connectivity index is 1.87. The number of nitrogens with zero attached hydrogens (tertiary/aromatic N) is 1. The largest absolute Gasteiger partial charge is 0.493 e. The molecule has 1 aromatic carbocycles. The van der Waals surface area contributed by atoms with Crippen LogP contribution in [0, 0.1) is 5.92 Å². The van der Waals surface area contributed by atoms with Crippen molar-refractivity contribution in [2.75, 3.05) is 13.7 Å². The number of methoxy groups -OCH3 is 1. The number of halogens is 1. The van der Waals surface area contributed by atoms with Crippen molar-refractivity contribution in [3.63, 3.8) is 0 Å². The number of amides is 2. The van der Waals surface area contributed by atoms with Gasteiger partial charge in [0.1, 0.15) is 0 Å². The lowest BCUT2D eigenvalue weighted by molar-refractivity contribution is -0.119. The number of hydrogen-bond donors (Lipinski definition) is 1. The van der Waals surface area contributed by atoms with Gasteiger partial charge in [0, 0.05) is 17.6 Å². The second-order valence-corrected chi connectivity index (χ2v) is 7.56. The third-order valence-electron chi connectivity index (χ3n) is 5.41. The Morgan fingerprint density at radius 3 is 2.73 bits per heavy atom. The summed E-state index contributed by atoms with van der Waals surface area (Å²) in [5.41, 5.74) is 5.58. The highest BCUT2D eigenvalue weighted by atomic mass is 35.5. The molecular formula is C19H25ClN2O4. The van der Waals surface area contributed by atoms with E-state index in [1.807, 2.05) is 4.90 Å². The van der Waals surface area contributed by atoms with Gasteiger partial charge in [-0.25, -0.2) is 0 Å². The molecule has 142 valence electrons. The summed E-state index contributed by atoms with van der Waals surface area (Å²) in [4.78, 5) is 26.2. The van der Waals surface area contributed by atoms with E-state index in [0.717, 1.165) is 12.8 Å². The molecule has 0 spiro atoms. The van der Waals surface area contributed by atoms with Crippen LogP contribution in [0.1, 0.15) is 49.4 Å². The molecule has 26 heavy (non-hydrogen) atoms. The molecule has 1 heterocycles. The Kier molecular flexibility index (Phi) is 5.61. The van der Waals surface area contributed by atoms with E-state index >= 15 is 0 Å². The van der Waals surface area contributed by atoms with Crippen molar-refractivity contribution in [2.45, 2.75) is 51.1 Å². The number of nitrogens with two attached hydrogens (primary N) is 1. The van der Waals surface area contributed by atoms with Crippen LogP contribution in [0.15, 0.2) is 12.1 Å². The van der Waals surface area contributed by atoms with E-state index in [9.17, 15) is 9.59 Å². The number of ether oxygens (including phenoxy) is 2. The molecule has 2 fully saturated rings. The number of primary amides is 1. The summed E-state index contributed by atoms with van der Waals surface area (Å²) in [6.07, 6.45) is 5.73. The van der Waals surface area contributed by atoms with Crippen LogP contribution in [0.4, 0.5) is 0 Å². The Labute approximate surface area is 158 Å². The van der Waals surface area contributed by atoms with E-state index in [4.69, 9.17) is 26.8 Å². The smallest absolute Gasteiger partial charge is 0.255 e. The minimum Gasteiger partial charge on any atom is -0.493 e. The first-order valence-electron chi connectivity index (χ1n) is 9.03. The van der Waals surface area contributed by atoms with Crippen molar-refractivity contribution >= 4 is 23.4 Å². The van der Waals surface area contributed by atoms with Crippen LogP contribution < -0.4 is 15.2 Å². The quantitative estimate of drug-likeness (QED) is 0.851. The number of rotatable bonds is 5. The SMILES string of the molecule is COc1cc(C(=O)N2C(C)CC3CCCCC32)cc(Cl)c1OCC(N)=O. The Morgan fingerprint density at radius 1 is 1.31 bits per heavy atom. The molecular weight excluding hydrogens is 356 g/mol. The molecule has 3 atom stereocenters. The van der Waals surface area contributed by atoms with Gasteiger partial charge in [0.15, 0.2) is 18.1 Å². The Bertz CT molecular complexity index is 709. The zero-order chi connectivity index (χ0) is 18.8. The van der Waals surface area contributed by atoms with Gasteiger partial charge in [0.25, 0.3) is 11.8 Å². The fraction of sp³-hybridized carbons (Fsp3) is 0.579. The monoisotopic (exact) mass is 380 g/mol. The van der Waals surface area contributed by atoms with Gasteiger partial charge in [0.05, 0.1) is 12.1 Å². The van der Waals surface area contributed by atoms with E-state index < -0.39 is 5.91 Å². The number of fused-ring (bicyclic) bond motifs is 1. The van der Waals surface area contributed by atoms with Crippen molar-refractivity contribution in [1.29, 1.82) is 0 Å². The summed E-state index contributed by atoms with van der Waals surface area (Å²) < 4.78 is 10.6. The van der Waals surface area contributed by atoms with Gasteiger partial charge in [-0.05, 0) is 44.2 Å². The van der Waals surface area contributed by atoms with E-state index in [2.05, 4.69) is 6.92 Å². The molecule has 1 aliphatic heterocycles. The lowest BCUT2D eigenvalue weighted by Crippen LogP contribution is -2.42. The van der Waals surface area contributed by atoms with Gasteiger partial charge in [0.2, 0.25) is 0 Å². The van der Waals surface area contributed by atoms with Crippen molar-refractivity contribution in [3.05, 3.63) is 22.7 Å². The summed E-state index contributed by atoms with van der Waals surface area (Å²) in [6, 6.07) is 3.71. The highest BCUT2D eigenvalue weighted by molar-refractivity contribution is 6.32. The number of likely N-dealkylation sites (tertiary alicyclic amines) is 1. The third kappa shape index (κ3) is 3.61. The van der Waals surface area contributed by atoms with E-state index in [1.165, 1.54) is 26.4 Å². The Hall–Kier alpha value is -1.95. The number of benzene rings is 1. The lowest BCUT2D eigenvalue weighted by atomic mass is 9.85. The molecule has 1 aromatic rings. The molecule has 2 N–H and O–H groups in total. The maximum atomic E-state index is 13.2. The van der Waals surface area contributed by atoms with Crippen molar-refractivity contribution < 1.29 is 19.1 Å². The first-order chi connectivity index (χ1) is 12.4. The fourth-order valence-electron chi connectivity index (χ4n) is 4.33. The predicted molar refractivity (Wildman–Crippen MR) is 98.7 cm³/mol. The van der Waals surface area contributed by atoms with Crippen LogP contribution in [-0.4, -0.2) is 42.5 Å². The van der Waals surface area contributed by atoms with Crippen molar-refractivity contribution in [1.82, 2.24) is 4.90 Å². The van der Waals surface area contributed by atoms with Gasteiger partial charge >= 0.3 is 0 Å². The summed E-state index contributed by atoms with van der Waals surface area (Å²) in [5.74, 6) is 0.480. The average Bonchev–Trinajstić information content (AvgIpc) is 2.94. The molecule has 1 saturated carbocycles. The van der Waals surface area contributed by atoms with Crippen molar-refractivity contribution in [2.24, 2.45) is 11.7 Å². The summed E-state index contributed by atoms with van der Waals surface area (Å²) in [6.45, 7) is 1.80. The van der Waals surface area contributed by atoms with Crippen LogP contribution >= 0.6 is 11.6 Å². The van der Waals surface area contributed by atoms with E-state index in [0.29, 0.717) is 23.3 Å². The number of carbonyl (C=O) groups excluding carboxylic acids is 2. The topological polar surface area (TPSA) is 81.9 Å². The second kappa shape index (κ2) is 7.74. The van der Waals surface area contributed by atoms with E-state index in [-0.39, 0.29) is 29.3 Å². The molecule has 1 aliphatic carbocycles. The highest BCUT2D eigenvalue weighted by Gasteiger charge is 2.42. The standard InChI is InChI=1S/C19H25ClN2O4/c1-11-7-12-5-3-4-6-15(12)22(11)19(24)13-8-14(20)18(16(9-13)25-2)26-10-17(21)23/h8-9,11-12,15H,3-7,10H2,1-2H3,(H2,21,23). The molecule has 0 aromatic heterocycles. The van der Waals surface area contributed by atoms with Gasteiger partial charge in [-0.3, -0.25) is 9.59 Å². The van der Waals surface area contributed by atoms with E-state index in [1.54, 1.807) is 12.1 Å². The van der Waals surface area contributed by atoms with Crippen LogP contribution in [0.2, 0.25) is 5.02 Å². The minimum absolute atomic E-state index is 0.0337. The number of hydrogen-bond acceptors (Lipinski definition) is 4. The first kappa shape index (κ1) is 18.8. The van der Waals surface area contributed by atoms with Crippen molar-refractivity contribution in [3.8, 4) is 11.5 Å². The Morgan fingerprint density at radius 2 is 2.04 bits per heavy atom. The second-order valence-electron chi connectivity index (χ2n) is 7.15. The molecule has 3 rings (SSSR count). The molecule has 2 aliphatic rings. The molecule has 0 bridgehead atoms. The van der Waals surface area contributed by atoms with Crippen LogP contribution in [-0.2, 0) is 4.79 Å². The minimum atomic E-state index is -0.613. The van der Waals surface area contributed by atoms with Gasteiger partial charge in [-0.2, -0.15) is 0 Å². The third-order valence-corrected chi connectivity index (χ3v) is 5.70. The van der Waals surface area contributed by atoms with Gasteiger partial charge in [-0.15, -0.1) is 0 Å². The van der Waals surface area contributed by atoms with Crippen LogP contribution in [0.25, 0.3) is 0 Å². The molecule has 1 saturated heterocycles. The fourth-order valence-corrected chi connectivity index (χ4v) is 4.60. The highest BCUT2D eigenvalue weighted by Crippen LogP contribution is 2.42. The molecule has 3 unspecified atom stereocenters. The summed E-state index contributed by atoms with van der Waals surface area (Å²) in [7, 11) is 1.46. The zero-order valence-electron chi connectivity index (χ0n) is 15.2. The zero-order valence-corrected chi connectivity index (χ0v) is 15.9. The summed E-state index contributed by atoms with van der Waals surface area (Å²) >= 11 is 6.29. The molecule has 0 radical (unpaired) electrons. The van der Waals surface area contributed by atoms with Crippen LogP contribution in [0.5, 0.6) is 11.5 Å². The summed E-state index contributed by atoms with van der Waals surface area (Å²) in [5, 5.41) is 0.223. The number of carbonyl (C=O) groups is 2. The predicted octanol–water partition coefficient (Wildman–Crippen LogP) is 3.01. The molecule has 7 heteroatoms. The molecule has 2 amide bonds. The van der Waals surface area contributed by atoms with Gasteiger partial charge < -0.3 is 20.1 Å². The molecule has 6 nitrogen and oxygen atoms in total. The maximum Gasteiger partial charge on any atom is 0.255 e. The maximum absolute atomic E-state index is 13.2. The lowest BCUT2D eigenvalue weighted by Gasteiger charge is -2.33. The average molecular weight is 381 g/mol. The first-order valence-corrected chi connectivity index (χ1v) is 9.41.